The van der Waals surface area contributed by atoms with Crippen molar-refractivity contribution in [3.8, 4) is 5.75 Å². The van der Waals surface area contributed by atoms with Crippen LogP contribution in [-0.2, 0) is 19.6 Å². The Bertz CT molecular complexity index is 557. The van der Waals surface area contributed by atoms with Gasteiger partial charge in [0.1, 0.15) is 5.75 Å². The molecule has 0 saturated heterocycles. The van der Waals surface area contributed by atoms with Gasteiger partial charge in [0.15, 0.2) is 4.77 Å². The van der Waals surface area contributed by atoms with Crippen LogP contribution in [0.3, 0.4) is 0 Å². The smallest absolute Gasteiger partial charge is 0.177 e. The first-order valence-electron chi connectivity index (χ1n) is 5.75. The molecule has 1 heterocycles. The normalized spacial score (nSPS) is 10.6. The van der Waals surface area contributed by atoms with Crippen LogP contribution in [0.25, 0.3) is 0 Å². The average molecular weight is 264 g/mol. The summed E-state index contributed by atoms with van der Waals surface area (Å²) in [5, 5.41) is 9.19. The molecule has 0 fully saturated rings. The van der Waals surface area contributed by atoms with E-state index in [4.69, 9.17) is 17.0 Å². The number of ether oxygens (including phenoxy) is 1. The molecular formula is C13H16N2O2S. The highest BCUT2D eigenvalue weighted by Crippen LogP contribution is 2.13. The lowest BCUT2D eigenvalue weighted by molar-refractivity contribution is 0.270. The lowest BCUT2D eigenvalue weighted by atomic mass is 10.1. The maximum absolute atomic E-state index is 9.19. The van der Waals surface area contributed by atoms with Crippen LogP contribution < -0.4 is 4.74 Å². The minimum absolute atomic E-state index is 0.00421. The summed E-state index contributed by atoms with van der Waals surface area (Å²) in [5.41, 5.74) is 2.02. The molecule has 4 nitrogen and oxygen atoms in total. The van der Waals surface area contributed by atoms with E-state index in [1.165, 1.54) is 5.56 Å². The minimum Gasteiger partial charge on any atom is -0.497 e. The quantitative estimate of drug-likeness (QED) is 0.815. The molecule has 2 rings (SSSR count). The molecule has 18 heavy (non-hydrogen) atoms. The van der Waals surface area contributed by atoms with E-state index in [-0.39, 0.29) is 6.61 Å². The Kier molecular flexibility index (Phi) is 4.17. The maximum Gasteiger partial charge on any atom is 0.177 e. The van der Waals surface area contributed by atoms with E-state index in [0.717, 1.165) is 24.4 Å². The molecule has 0 atom stereocenters. The molecule has 0 unspecified atom stereocenters. The van der Waals surface area contributed by atoms with Crippen molar-refractivity contribution >= 4 is 12.2 Å². The summed E-state index contributed by atoms with van der Waals surface area (Å²) in [5.74, 6) is 0.855. The van der Waals surface area contributed by atoms with Gasteiger partial charge in [-0.1, -0.05) is 12.1 Å². The first kappa shape index (κ1) is 12.9. The van der Waals surface area contributed by atoms with Crippen molar-refractivity contribution in [2.75, 3.05) is 7.11 Å². The highest BCUT2D eigenvalue weighted by atomic mass is 32.1. The molecule has 1 aromatic heterocycles. The standard InChI is InChI=1S/C13H16N2O2S/c1-17-12-4-2-10(3-5-12)6-7-15-11(9-16)8-14-13(15)18/h2-5,8,16H,6-7,9H2,1H3,(H,14,18). The van der Waals surface area contributed by atoms with Gasteiger partial charge in [-0.2, -0.15) is 0 Å². The number of methoxy groups -OCH3 is 1. The fourth-order valence-electron chi connectivity index (χ4n) is 1.84. The zero-order chi connectivity index (χ0) is 13.0. The van der Waals surface area contributed by atoms with Crippen molar-refractivity contribution < 1.29 is 9.84 Å². The zero-order valence-corrected chi connectivity index (χ0v) is 11.0. The number of aliphatic hydroxyl groups is 1. The van der Waals surface area contributed by atoms with Crippen LogP contribution >= 0.6 is 12.2 Å². The first-order chi connectivity index (χ1) is 8.74. The molecule has 0 spiro atoms. The van der Waals surface area contributed by atoms with Crippen molar-refractivity contribution in [3.05, 3.63) is 46.5 Å². The van der Waals surface area contributed by atoms with Crippen molar-refractivity contribution in [2.24, 2.45) is 0 Å². The van der Waals surface area contributed by atoms with Crippen molar-refractivity contribution in [1.29, 1.82) is 0 Å². The van der Waals surface area contributed by atoms with Gasteiger partial charge in [-0.3, -0.25) is 0 Å². The van der Waals surface area contributed by atoms with Gasteiger partial charge >= 0.3 is 0 Å². The van der Waals surface area contributed by atoms with Crippen LogP contribution in [0.1, 0.15) is 11.3 Å². The number of aromatic amines is 1. The first-order valence-corrected chi connectivity index (χ1v) is 6.16. The molecule has 5 heteroatoms. The molecule has 1 aromatic carbocycles. The minimum atomic E-state index is -0.00421. The number of nitrogens with one attached hydrogen (secondary N) is 1. The van der Waals surface area contributed by atoms with E-state index in [0.29, 0.717) is 4.77 Å². The summed E-state index contributed by atoms with van der Waals surface area (Å²) in [6.07, 6.45) is 2.61. The van der Waals surface area contributed by atoms with Crippen LogP contribution in [0.4, 0.5) is 0 Å². The van der Waals surface area contributed by atoms with Gasteiger partial charge in [-0.25, -0.2) is 0 Å². The Labute approximate surface area is 111 Å². The van der Waals surface area contributed by atoms with E-state index in [2.05, 4.69) is 4.98 Å². The van der Waals surface area contributed by atoms with E-state index >= 15 is 0 Å². The number of rotatable bonds is 5. The summed E-state index contributed by atoms with van der Waals surface area (Å²) in [4.78, 5) is 2.94. The largest absolute Gasteiger partial charge is 0.497 e. The van der Waals surface area contributed by atoms with Crippen molar-refractivity contribution in [3.63, 3.8) is 0 Å². The molecule has 0 radical (unpaired) electrons. The molecule has 0 aliphatic carbocycles. The fraction of sp³-hybridized carbons (Fsp3) is 0.308. The Morgan fingerprint density at radius 2 is 2.06 bits per heavy atom. The van der Waals surface area contributed by atoms with E-state index in [9.17, 15) is 5.11 Å². The van der Waals surface area contributed by atoms with Gasteiger partial charge in [-0.15, -0.1) is 0 Å². The van der Waals surface area contributed by atoms with Gasteiger partial charge in [0.25, 0.3) is 0 Å². The van der Waals surface area contributed by atoms with Crippen LogP contribution in [0.2, 0.25) is 0 Å². The third-order valence-corrected chi connectivity index (χ3v) is 3.24. The number of H-pyrrole nitrogens is 1. The van der Waals surface area contributed by atoms with Gasteiger partial charge in [0, 0.05) is 12.7 Å². The van der Waals surface area contributed by atoms with Gasteiger partial charge in [-0.05, 0) is 36.3 Å². The predicted molar refractivity (Wildman–Crippen MR) is 72.2 cm³/mol. The van der Waals surface area contributed by atoms with Crippen LogP contribution in [-0.4, -0.2) is 21.8 Å². The Balaban J connectivity index is 2.06. The monoisotopic (exact) mass is 264 g/mol. The molecule has 0 aliphatic heterocycles. The summed E-state index contributed by atoms with van der Waals surface area (Å²) in [6, 6.07) is 7.96. The van der Waals surface area contributed by atoms with E-state index < -0.39 is 0 Å². The number of hydrogen-bond donors (Lipinski definition) is 2. The summed E-state index contributed by atoms with van der Waals surface area (Å²) >= 11 is 5.17. The van der Waals surface area contributed by atoms with Gasteiger partial charge in [0.2, 0.25) is 0 Å². The third-order valence-electron chi connectivity index (χ3n) is 2.90. The molecule has 2 N–H and O–H groups in total. The van der Waals surface area contributed by atoms with E-state index in [1.807, 2.05) is 28.8 Å². The number of hydrogen-bond acceptors (Lipinski definition) is 3. The summed E-state index contributed by atoms with van der Waals surface area (Å²) in [7, 11) is 1.65. The predicted octanol–water partition coefficient (Wildman–Crippen LogP) is 2.29. The van der Waals surface area contributed by atoms with Crippen molar-refractivity contribution in [2.45, 2.75) is 19.6 Å². The number of aryl methyl sites for hydroxylation is 1. The zero-order valence-electron chi connectivity index (χ0n) is 10.2. The second-order valence-corrected chi connectivity index (χ2v) is 4.38. The Morgan fingerprint density at radius 1 is 1.33 bits per heavy atom. The van der Waals surface area contributed by atoms with Crippen LogP contribution in [0.15, 0.2) is 30.5 Å². The second kappa shape index (κ2) is 5.84. The molecular weight excluding hydrogens is 248 g/mol. The molecule has 0 aliphatic rings. The third kappa shape index (κ3) is 2.80. The summed E-state index contributed by atoms with van der Waals surface area (Å²) < 4.78 is 7.68. The lowest BCUT2D eigenvalue weighted by Crippen LogP contribution is -2.05. The molecule has 96 valence electrons. The Morgan fingerprint density at radius 3 is 2.67 bits per heavy atom. The van der Waals surface area contributed by atoms with Crippen molar-refractivity contribution in [1.82, 2.24) is 9.55 Å². The Hall–Kier alpha value is -1.59. The number of benzene rings is 1. The van der Waals surface area contributed by atoms with Gasteiger partial charge in [0.05, 0.1) is 19.4 Å². The van der Waals surface area contributed by atoms with Crippen LogP contribution in [0.5, 0.6) is 5.75 Å². The summed E-state index contributed by atoms with van der Waals surface area (Å²) in [6.45, 7) is 0.750. The number of imidazole rings is 1. The molecule has 0 bridgehead atoms. The molecule has 0 saturated carbocycles. The topological polar surface area (TPSA) is 50.2 Å². The number of aromatic nitrogens is 2. The molecule has 0 amide bonds. The second-order valence-electron chi connectivity index (χ2n) is 3.99. The SMILES string of the molecule is COc1ccc(CCn2c(CO)c[nH]c2=S)cc1. The van der Waals surface area contributed by atoms with Gasteiger partial charge < -0.3 is 19.4 Å². The lowest BCUT2D eigenvalue weighted by Gasteiger charge is -2.07. The number of nitrogens with zero attached hydrogens (tertiary/aromatic N) is 1. The fourth-order valence-corrected chi connectivity index (χ4v) is 2.11. The molecule has 2 aromatic rings. The maximum atomic E-state index is 9.19. The van der Waals surface area contributed by atoms with Crippen LogP contribution in [0, 0.1) is 4.77 Å². The number of aliphatic hydroxyl groups excluding tert-OH is 1. The highest BCUT2D eigenvalue weighted by Gasteiger charge is 2.03. The van der Waals surface area contributed by atoms with E-state index in [1.54, 1.807) is 13.3 Å². The average Bonchev–Trinajstić information content (AvgIpc) is 2.77. The highest BCUT2D eigenvalue weighted by molar-refractivity contribution is 7.71.